The van der Waals surface area contributed by atoms with Crippen molar-refractivity contribution < 1.29 is 4.79 Å². The van der Waals surface area contributed by atoms with E-state index in [2.05, 4.69) is 5.32 Å². The molecule has 4 aliphatic carbocycles. The van der Waals surface area contributed by atoms with Crippen LogP contribution in [0.25, 0.3) is 0 Å². The van der Waals surface area contributed by atoms with Gasteiger partial charge < -0.3 is 5.32 Å². The molecule has 0 aromatic rings. The van der Waals surface area contributed by atoms with E-state index in [0.717, 1.165) is 24.8 Å². The van der Waals surface area contributed by atoms with Gasteiger partial charge in [-0.1, -0.05) is 0 Å². The van der Waals surface area contributed by atoms with E-state index >= 15 is 0 Å². The first kappa shape index (κ1) is 12.8. The number of carbonyl (C=O) groups is 1. The molecule has 4 rings (SSSR count). The Bertz CT molecular complexity index is 300. The standard InChI is InChI=1S/C15H24ClNO/c1-9(16)2-3-17-15(18)14-12-5-10-4-11(7-12)8-13(14)6-10/h9-14H,2-8H2,1H3,(H,17,18). The SMILES string of the molecule is CC(Cl)CCNC(=O)C1C2CC3CC(C2)CC1C3. The van der Waals surface area contributed by atoms with Crippen LogP contribution in [0.3, 0.4) is 0 Å². The van der Waals surface area contributed by atoms with Gasteiger partial charge in [-0.05, 0) is 69.1 Å². The molecule has 18 heavy (non-hydrogen) atoms. The summed E-state index contributed by atoms with van der Waals surface area (Å²) in [4.78, 5) is 12.4. The maximum atomic E-state index is 12.4. The molecule has 1 amide bonds. The number of amides is 1. The summed E-state index contributed by atoms with van der Waals surface area (Å²) in [7, 11) is 0. The summed E-state index contributed by atoms with van der Waals surface area (Å²) >= 11 is 5.92. The highest BCUT2D eigenvalue weighted by molar-refractivity contribution is 6.20. The van der Waals surface area contributed by atoms with Gasteiger partial charge in [0, 0.05) is 17.8 Å². The van der Waals surface area contributed by atoms with Crippen LogP contribution in [0, 0.1) is 29.6 Å². The van der Waals surface area contributed by atoms with Crippen molar-refractivity contribution in [2.75, 3.05) is 6.54 Å². The van der Waals surface area contributed by atoms with Crippen molar-refractivity contribution in [3.8, 4) is 0 Å². The van der Waals surface area contributed by atoms with E-state index in [9.17, 15) is 4.79 Å². The number of halogens is 1. The third kappa shape index (κ3) is 2.41. The second kappa shape index (κ2) is 5.03. The minimum absolute atomic E-state index is 0.156. The molecule has 0 aliphatic heterocycles. The highest BCUT2D eigenvalue weighted by Crippen LogP contribution is 2.56. The summed E-state index contributed by atoms with van der Waals surface area (Å²) < 4.78 is 0. The second-order valence-corrected chi connectivity index (χ2v) is 7.56. The van der Waals surface area contributed by atoms with E-state index < -0.39 is 0 Å². The van der Waals surface area contributed by atoms with Gasteiger partial charge in [0.05, 0.1) is 0 Å². The average molecular weight is 270 g/mol. The minimum atomic E-state index is 0.156. The average Bonchev–Trinajstić information content (AvgIpc) is 2.26. The molecule has 2 nitrogen and oxygen atoms in total. The van der Waals surface area contributed by atoms with E-state index in [1.165, 1.54) is 32.1 Å². The van der Waals surface area contributed by atoms with Crippen molar-refractivity contribution in [1.29, 1.82) is 0 Å². The molecule has 4 aliphatic rings. The molecule has 0 saturated heterocycles. The van der Waals surface area contributed by atoms with Gasteiger partial charge in [0.15, 0.2) is 0 Å². The van der Waals surface area contributed by atoms with Gasteiger partial charge in [0.2, 0.25) is 5.91 Å². The molecule has 1 unspecified atom stereocenters. The van der Waals surface area contributed by atoms with Crippen LogP contribution in [0.15, 0.2) is 0 Å². The Labute approximate surface area is 115 Å². The zero-order valence-electron chi connectivity index (χ0n) is 11.2. The maximum Gasteiger partial charge on any atom is 0.223 e. The first-order chi connectivity index (χ1) is 8.63. The molecular formula is C15H24ClNO. The Morgan fingerprint density at radius 1 is 1.17 bits per heavy atom. The summed E-state index contributed by atoms with van der Waals surface area (Å²) in [6, 6.07) is 0. The third-order valence-corrected chi connectivity index (χ3v) is 5.59. The number of hydrogen-bond donors (Lipinski definition) is 1. The van der Waals surface area contributed by atoms with Crippen LogP contribution in [-0.4, -0.2) is 17.8 Å². The van der Waals surface area contributed by atoms with Crippen LogP contribution in [-0.2, 0) is 4.79 Å². The Morgan fingerprint density at radius 3 is 2.22 bits per heavy atom. The van der Waals surface area contributed by atoms with E-state index in [4.69, 9.17) is 11.6 Å². The molecule has 0 spiro atoms. The fourth-order valence-electron chi connectivity index (χ4n) is 4.87. The van der Waals surface area contributed by atoms with E-state index in [1.54, 1.807) is 0 Å². The zero-order valence-corrected chi connectivity index (χ0v) is 12.0. The van der Waals surface area contributed by atoms with Crippen molar-refractivity contribution in [1.82, 2.24) is 5.32 Å². The van der Waals surface area contributed by atoms with Crippen LogP contribution in [0.2, 0.25) is 0 Å². The highest BCUT2D eigenvalue weighted by Gasteiger charge is 2.50. The fourth-order valence-corrected chi connectivity index (χ4v) is 4.97. The number of carbonyl (C=O) groups excluding carboxylic acids is 1. The van der Waals surface area contributed by atoms with Crippen LogP contribution >= 0.6 is 11.6 Å². The van der Waals surface area contributed by atoms with Gasteiger partial charge in [0.25, 0.3) is 0 Å². The monoisotopic (exact) mass is 269 g/mol. The van der Waals surface area contributed by atoms with E-state index in [0.29, 0.717) is 23.7 Å². The van der Waals surface area contributed by atoms with Gasteiger partial charge in [-0.2, -0.15) is 0 Å². The Morgan fingerprint density at radius 2 is 1.72 bits per heavy atom. The van der Waals surface area contributed by atoms with Gasteiger partial charge in [-0.3, -0.25) is 4.79 Å². The summed E-state index contributed by atoms with van der Waals surface area (Å²) in [6.45, 7) is 2.73. The van der Waals surface area contributed by atoms with Gasteiger partial charge in [0.1, 0.15) is 0 Å². The second-order valence-electron chi connectivity index (χ2n) is 6.82. The summed E-state index contributed by atoms with van der Waals surface area (Å²) in [6.07, 6.45) is 7.59. The predicted octanol–water partition coefficient (Wildman–Crippen LogP) is 3.19. The topological polar surface area (TPSA) is 29.1 Å². The van der Waals surface area contributed by atoms with Crippen molar-refractivity contribution >= 4 is 17.5 Å². The smallest absolute Gasteiger partial charge is 0.223 e. The lowest BCUT2D eigenvalue weighted by molar-refractivity contribution is -0.138. The molecule has 4 saturated carbocycles. The molecule has 1 atom stereocenters. The lowest BCUT2D eigenvalue weighted by Gasteiger charge is -2.53. The molecule has 0 aromatic carbocycles. The number of nitrogens with one attached hydrogen (secondary N) is 1. The molecule has 0 aromatic heterocycles. The molecule has 4 fully saturated rings. The largest absolute Gasteiger partial charge is 0.356 e. The van der Waals surface area contributed by atoms with E-state index in [1.807, 2.05) is 6.92 Å². The number of alkyl halides is 1. The van der Waals surface area contributed by atoms with Crippen LogP contribution in [0.5, 0.6) is 0 Å². The van der Waals surface area contributed by atoms with Crippen LogP contribution < -0.4 is 5.32 Å². The predicted molar refractivity (Wildman–Crippen MR) is 73.5 cm³/mol. The Balaban J connectivity index is 1.57. The highest BCUT2D eigenvalue weighted by atomic mass is 35.5. The van der Waals surface area contributed by atoms with Crippen molar-refractivity contribution in [3.05, 3.63) is 0 Å². The first-order valence-electron chi connectivity index (χ1n) is 7.55. The third-order valence-electron chi connectivity index (χ3n) is 5.37. The minimum Gasteiger partial charge on any atom is -0.356 e. The van der Waals surface area contributed by atoms with E-state index in [-0.39, 0.29) is 5.38 Å². The van der Waals surface area contributed by atoms with Gasteiger partial charge in [-0.25, -0.2) is 0 Å². The maximum absolute atomic E-state index is 12.4. The molecule has 4 bridgehead atoms. The Kier molecular flexibility index (Phi) is 3.57. The Hall–Kier alpha value is -0.240. The lowest BCUT2D eigenvalue weighted by atomic mass is 9.51. The summed E-state index contributed by atoms with van der Waals surface area (Å²) in [5.74, 6) is 3.91. The lowest BCUT2D eigenvalue weighted by Crippen LogP contribution is -2.51. The zero-order chi connectivity index (χ0) is 12.7. The van der Waals surface area contributed by atoms with Crippen molar-refractivity contribution in [2.45, 2.75) is 50.8 Å². The first-order valence-corrected chi connectivity index (χ1v) is 7.99. The molecular weight excluding hydrogens is 246 g/mol. The molecule has 0 heterocycles. The number of rotatable bonds is 4. The molecule has 0 radical (unpaired) electrons. The quantitative estimate of drug-likeness (QED) is 0.781. The normalized spacial score (nSPS) is 42.9. The summed E-state index contributed by atoms with van der Waals surface area (Å²) in [5, 5.41) is 3.27. The van der Waals surface area contributed by atoms with Gasteiger partial charge in [-0.15, -0.1) is 11.6 Å². The number of hydrogen-bond acceptors (Lipinski definition) is 1. The van der Waals surface area contributed by atoms with Crippen LogP contribution in [0.1, 0.15) is 45.4 Å². The molecule has 3 heteroatoms. The van der Waals surface area contributed by atoms with Crippen LogP contribution in [0.4, 0.5) is 0 Å². The molecule has 102 valence electrons. The van der Waals surface area contributed by atoms with Gasteiger partial charge >= 0.3 is 0 Å². The molecule has 1 N–H and O–H groups in total. The fraction of sp³-hybridized carbons (Fsp3) is 0.933. The van der Waals surface area contributed by atoms with Crippen molar-refractivity contribution in [2.24, 2.45) is 29.6 Å². The van der Waals surface area contributed by atoms with Crippen molar-refractivity contribution in [3.63, 3.8) is 0 Å². The summed E-state index contributed by atoms with van der Waals surface area (Å²) in [5.41, 5.74) is 0.